The van der Waals surface area contributed by atoms with Gasteiger partial charge < -0.3 is 10.6 Å². The number of rotatable bonds is 3. The summed E-state index contributed by atoms with van der Waals surface area (Å²) in [6, 6.07) is 8.33. The summed E-state index contributed by atoms with van der Waals surface area (Å²) in [5, 5.41) is 3.43. The Morgan fingerprint density at radius 3 is 2.82 bits per heavy atom. The van der Waals surface area contributed by atoms with Gasteiger partial charge in [-0.25, -0.2) is 0 Å². The SMILES string of the molecule is Nc1ccccc1C1CCN2C(CN3CCCC3)=CSC2=N1. The van der Waals surface area contributed by atoms with Crippen LogP contribution in [0.15, 0.2) is 40.4 Å². The van der Waals surface area contributed by atoms with Crippen molar-refractivity contribution >= 4 is 22.6 Å². The van der Waals surface area contributed by atoms with Gasteiger partial charge in [0.2, 0.25) is 0 Å². The smallest absolute Gasteiger partial charge is 0.168 e. The fourth-order valence-corrected chi connectivity index (χ4v) is 4.46. The highest BCUT2D eigenvalue weighted by Crippen LogP contribution is 2.37. The summed E-state index contributed by atoms with van der Waals surface area (Å²) in [5.74, 6) is 0. The van der Waals surface area contributed by atoms with E-state index < -0.39 is 0 Å². The Morgan fingerprint density at radius 2 is 2.00 bits per heavy atom. The quantitative estimate of drug-likeness (QED) is 0.871. The molecule has 0 bridgehead atoms. The number of thioether (sulfide) groups is 1. The first-order chi connectivity index (χ1) is 10.8. The summed E-state index contributed by atoms with van der Waals surface area (Å²) in [4.78, 5) is 9.91. The van der Waals surface area contributed by atoms with Gasteiger partial charge in [0.25, 0.3) is 0 Å². The van der Waals surface area contributed by atoms with E-state index in [9.17, 15) is 0 Å². The number of amidine groups is 1. The molecule has 5 heteroatoms. The number of nitrogen functional groups attached to an aromatic ring is 1. The molecule has 1 fully saturated rings. The largest absolute Gasteiger partial charge is 0.398 e. The molecule has 0 radical (unpaired) electrons. The number of fused-ring (bicyclic) bond motifs is 1. The second kappa shape index (κ2) is 5.97. The molecule has 1 aromatic carbocycles. The highest BCUT2D eigenvalue weighted by atomic mass is 32.2. The maximum Gasteiger partial charge on any atom is 0.168 e. The molecule has 0 saturated carbocycles. The molecule has 1 aromatic rings. The molecular weight excluding hydrogens is 292 g/mol. The van der Waals surface area contributed by atoms with Crippen LogP contribution in [-0.2, 0) is 0 Å². The molecule has 1 saturated heterocycles. The number of aliphatic imine (C=N–C) groups is 1. The average molecular weight is 314 g/mol. The molecule has 0 aliphatic carbocycles. The first kappa shape index (κ1) is 14.2. The lowest BCUT2D eigenvalue weighted by atomic mass is 10.0. The van der Waals surface area contributed by atoms with E-state index in [1.54, 1.807) is 11.8 Å². The minimum atomic E-state index is 0.208. The third-order valence-electron chi connectivity index (χ3n) is 4.71. The summed E-state index contributed by atoms with van der Waals surface area (Å²) in [6.07, 6.45) is 3.73. The van der Waals surface area contributed by atoms with Gasteiger partial charge in [-0.05, 0) is 49.4 Å². The number of anilines is 1. The van der Waals surface area contributed by atoms with Crippen molar-refractivity contribution in [3.63, 3.8) is 0 Å². The molecule has 116 valence electrons. The Morgan fingerprint density at radius 1 is 1.18 bits per heavy atom. The van der Waals surface area contributed by atoms with E-state index in [-0.39, 0.29) is 6.04 Å². The van der Waals surface area contributed by atoms with Gasteiger partial charge in [0.1, 0.15) is 0 Å². The van der Waals surface area contributed by atoms with Gasteiger partial charge in [-0.2, -0.15) is 0 Å². The van der Waals surface area contributed by atoms with Gasteiger partial charge in [-0.3, -0.25) is 9.89 Å². The fraction of sp³-hybridized carbons (Fsp3) is 0.471. The lowest BCUT2D eigenvalue weighted by molar-refractivity contribution is 0.327. The van der Waals surface area contributed by atoms with E-state index in [2.05, 4.69) is 27.3 Å². The molecule has 0 spiro atoms. The zero-order valence-corrected chi connectivity index (χ0v) is 13.6. The number of benzene rings is 1. The minimum absolute atomic E-state index is 0.208. The normalized spacial score (nSPS) is 25.1. The number of nitrogens with zero attached hydrogens (tertiary/aromatic N) is 3. The van der Waals surface area contributed by atoms with Crippen molar-refractivity contribution in [1.29, 1.82) is 0 Å². The zero-order chi connectivity index (χ0) is 14.9. The van der Waals surface area contributed by atoms with Gasteiger partial charge in [-0.1, -0.05) is 30.0 Å². The van der Waals surface area contributed by atoms with Gasteiger partial charge in [0.15, 0.2) is 5.17 Å². The molecule has 3 heterocycles. The van der Waals surface area contributed by atoms with E-state index in [1.165, 1.54) is 37.2 Å². The number of para-hydroxylation sites is 1. The van der Waals surface area contributed by atoms with Gasteiger partial charge in [0, 0.05) is 24.5 Å². The molecule has 4 nitrogen and oxygen atoms in total. The van der Waals surface area contributed by atoms with Crippen molar-refractivity contribution in [1.82, 2.24) is 9.80 Å². The average Bonchev–Trinajstić information content (AvgIpc) is 3.18. The van der Waals surface area contributed by atoms with Crippen LogP contribution >= 0.6 is 11.8 Å². The van der Waals surface area contributed by atoms with Crippen LogP contribution in [0.3, 0.4) is 0 Å². The summed E-state index contributed by atoms with van der Waals surface area (Å²) < 4.78 is 0. The van der Waals surface area contributed by atoms with E-state index >= 15 is 0 Å². The third kappa shape index (κ3) is 2.63. The summed E-state index contributed by atoms with van der Waals surface area (Å²) >= 11 is 1.77. The van der Waals surface area contributed by atoms with Crippen LogP contribution < -0.4 is 5.73 Å². The first-order valence-corrected chi connectivity index (χ1v) is 8.97. The maximum absolute atomic E-state index is 6.12. The zero-order valence-electron chi connectivity index (χ0n) is 12.7. The lowest BCUT2D eigenvalue weighted by Crippen LogP contribution is -2.35. The Labute approximate surface area is 136 Å². The van der Waals surface area contributed by atoms with Crippen molar-refractivity contribution in [2.75, 3.05) is 31.9 Å². The predicted molar refractivity (Wildman–Crippen MR) is 93.7 cm³/mol. The van der Waals surface area contributed by atoms with Crippen LogP contribution in [0.2, 0.25) is 0 Å². The molecular formula is C17H22N4S. The molecule has 1 unspecified atom stereocenters. The van der Waals surface area contributed by atoms with Crippen molar-refractivity contribution in [3.8, 4) is 0 Å². The van der Waals surface area contributed by atoms with Crippen molar-refractivity contribution < 1.29 is 0 Å². The molecule has 4 rings (SSSR count). The Kier molecular flexibility index (Phi) is 3.84. The summed E-state index contributed by atoms with van der Waals surface area (Å²) in [5.41, 5.74) is 9.57. The van der Waals surface area contributed by atoms with Crippen molar-refractivity contribution in [3.05, 3.63) is 40.9 Å². The van der Waals surface area contributed by atoms with Crippen molar-refractivity contribution in [2.45, 2.75) is 25.3 Å². The Hall–Kier alpha value is -1.46. The standard InChI is InChI=1S/C17H22N4S/c18-15-6-2-1-5-14(15)16-7-10-21-13(12-22-17(21)19-16)11-20-8-3-4-9-20/h1-2,5-6,12,16H,3-4,7-11,18H2. The van der Waals surface area contributed by atoms with Crippen LogP contribution in [0.1, 0.15) is 30.9 Å². The van der Waals surface area contributed by atoms with Crippen molar-refractivity contribution in [2.24, 2.45) is 4.99 Å². The molecule has 0 aromatic heterocycles. The molecule has 2 N–H and O–H groups in total. The number of hydrogen-bond acceptors (Lipinski definition) is 5. The molecule has 22 heavy (non-hydrogen) atoms. The fourth-order valence-electron chi connectivity index (χ4n) is 3.49. The Bertz CT molecular complexity index is 619. The van der Waals surface area contributed by atoms with E-state index in [1.807, 2.05) is 12.1 Å². The molecule has 0 amide bonds. The van der Waals surface area contributed by atoms with Crippen LogP contribution in [0.5, 0.6) is 0 Å². The van der Waals surface area contributed by atoms with E-state index in [4.69, 9.17) is 10.7 Å². The van der Waals surface area contributed by atoms with Gasteiger partial charge in [-0.15, -0.1) is 0 Å². The minimum Gasteiger partial charge on any atom is -0.398 e. The van der Waals surface area contributed by atoms with Crippen LogP contribution in [-0.4, -0.2) is 41.1 Å². The van der Waals surface area contributed by atoms with Crippen LogP contribution in [0.25, 0.3) is 0 Å². The number of likely N-dealkylation sites (tertiary alicyclic amines) is 1. The second-order valence-electron chi connectivity index (χ2n) is 6.21. The predicted octanol–water partition coefficient (Wildman–Crippen LogP) is 3.06. The highest BCUT2D eigenvalue weighted by Gasteiger charge is 2.30. The van der Waals surface area contributed by atoms with Crippen LogP contribution in [0.4, 0.5) is 5.69 Å². The van der Waals surface area contributed by atoms with E-state index in [0.29, 0.717) is 0 Å². The highest BCUT2D eigenvalue weighted by molar-refractivity contribution is 8.16. The lowest BCUT2D eigenvalue weighted by Gasteiger charge is -2.31. The number of nitrogens with two attached hydrogens (primary N) is 1. The summed E-state index contributed by atoms with van der Waals surface area (Å²) in [6.45, 7) is 4.60. The van der Waals surface area contributed by atoms with Crippen LogP contribution in [0, 0.1) is 0 Å². The third-order valence-corrected chi connectivity index (χ3v) is 5.64. The van der Waals surface area contributed by atoms with Gasteiger partial charge >= 0.3 is 0 Å². The van der Waals surface area contributed by atoms with Gasteiger partial charge in [0.05, 0.1) is 6.04 Å². The second-order valence-corrected chi connectivity index (χ2v) is 7.04. The number of hydrogen-bond donors (Lipinski definition) is 1. The topological polar surface area (TPSA) is 44.9 Å². The molecule has 3 aliphatic rings. The molecule has 1 atom stereocenters. The monoisotopic (exact) mass is 314 g/mol. The van der Waals surface area contributed by atoms with E-state index in [0.717, 1.165) is 30.4 Å². The Balaban J connectivity index is 1.49. The summed E-state index contributed by atoms with van der Waals surface area (Å²) in [7, 11) is 0. The molecule has 3 aliphatic heterocycles. The first-order valence-electron chi connectivity index (χ1n) is 8.09. The maximum atomic E-state index is 6.12.